The van der Waals surface area contributed by atoms with Crippen LogP contribution in [-0.2, 0) is 0 Å². The van der Waals surface area contributed by atoms with Crippen LogP contribution in [0.3, 0.4) is 0 Å². The van der Waals surface area contributed by atoms with Crippen LogP contribution in [0.15, 0.2) is 18.2 Å². The molecule has 1 unspecified atom stereocenters. The zero-order valence-corrected chi connectivity index (χ0v) is 9.40. The topological polar surface area (TPSA) is 12.0 Å². The smallest absolute Gasteiger partial charge is 0.125 e. The van der Waals surface area contributed by atoms with Crippen molar-refractivity contribution in [2.24, 2.45) is 5.92 Å². The molecule has 0 fully saturated rings. The summed E-state index contributed by atoms with van der Waals surface area (Å²) >= 11 is 5.92. The molecule has 3 heteroatoms. The zero-order chi connectivity index (χ0) is 10.7. The average molecular weight is 216 g/mol. The minimum absolute atomic E-state index is 0.271. The fourth-order valence-corrected chi connectivity index (χ4v) is 1.19. The van der Waals surface area contributed by atoms with Gasteiger partial charge in [0.2, 0.25) is 0 Å². The molecule has 0 saturated heterocycles. The highest BCUT2D eigenvalue weighted by Crippen LogP contribution is 2.24. The van der Waals surface area contributed by atoms with Crippen LogP contribution < -0.4 is 5.32 Å². The molecule has 0 heterocycles. The van der Waals surface area contributed by atoms with Gasteiger partial charge in [-0.05, 0) is 31.0 Å². The van der Waals surface area contributed by atoms with Crippen molar-refractivity contribution in [2.45, 2.75) is 26.8 Å². The first-order chi connectivity index (χ1) is 6.50. The highest BCUT2D eigenvalue weighted by Gasteiger charge is 2.09. The number of hydrogen-bond acceptors (Lipinski definition) is 1. The Morgan fingerprint density at radius 3 is 2.50 bits per heavy atom. The van der Waals surface area contributed by atoms with Gasteiger partial charge >= 0.3 is 0 Å². The molecule has 0 aliphatic carbocycles. The molecular weight excluding hydrogens is 201 g/mol. The maximum Gasteiger partial charge on any atom is 0.125 e. The standard InChI is InChI=1S/C11H15ClFN/c1-7(2)8(3)14-11-6-9(13)4-5-10(11)12/h4-8,14H,1-3H3. The molecule has 0 amide bonds. The molecule has 0 spiro atoms. The van der Waals surface area contributed by atoms with Gasteiger partial charge in [0.15, 0.2) is 0 Å². The van der Waals surface area contributed by atoms with Crippen molar-refractivity contribution in [1.29, 1.82) is 0 Å². The summed E-state index contributed by atoms with van der Waals surface area (Å²) in [6.07, 6.45) is 0. The van der Waals surface area contributed by atoms with Crippen molar-refractivity contribution >= 4 is 17.3 Å². The van der Waals surface area contributed by atoms with E-state index in [0.29, 0.717) is 16.6 Å². The first-order valence-corrected chi connectivity index (χ1v) is 5.10. The number of halogens is 2. The van der Waals surface area contributed by atoms with Crippen LogP contribution in [0.1, 0.15) is 20.8 Å². The lowest BCUT2D eigenvalue weighted by molar-refractivity contribution is 0.559. The Morgan fingerprint density at radius 2 is 1.93 bits per heavy atom. The van der Waals surface area contributed by atoms with Crippen LogP contribution in [0, 0.1) is 11.7 Å². The van der Waals surface area contributed by atoms with Crippen LogP contribution in [-0.4, -0.2) is 6.04 Å². The van der Waals surface area contributed by atoms with Gasteiger partial charge in [0.1, 0.15) is 5.82 Å². The summed E-state index contributed by atoms with van der Waals surface area (Å²) < 4.78 is 12.9. The van der Waals surface area contributed by atoms with Crippen LogP contribution in [0.5, 0.6) is 0 Å². The van der Waals surface area contributed by atoms with E-state index in [0.717, 1.165) is 0 Å². The molecule has 0 aliphatic heterocycles. The summed E-state index contributed by atoms with van der Waals surface area (Å²) in [6.45, 7) is 6.25. The number of hydrogen-bond donors (Lipinski definition) is 1. The van der Waals surface area contributed by atoms with Gasteiger partial charge in [-0.2, -0.15) is 0 Å². The molecular formula is C11H15ClFN. The minimum atomic E-state index is -0.271. The molecule has 1 aromatic carbocycles. The SMILES string of the molecule is CC(C)C(C)Nc1cc(F)ccc1Cl. The Bertz CT molecular complexity index is 312. The molecule has 0 bridgehead atoms. The number of rotatable bonds is 3. The van der Waals surface area contributed by atoms with Crippen molar-refractivity contribution in [3.05, 3.63) is 29.0 Å². The lowest BCUT2D eigenvalue weighted by Crippen LogP contribution is -2.21. The Hall–Kier alpha value is -0.760. The minimum Gasteiger partial charge on any atom is -0.381 e. The van der Waals surface area contributed by atoms with Crippen molar-refractivity contribution in [2.75, 3.05) is 5.32 Å². The van der Waals surface area contributed by atoms with E-state index in [1.165, 1.54) is 12.1 Å². The zero-order valence-electron chi connectivity index (χ0n) is 8.64. The van der Waals surface area contributed by atoms with Gasteiger partial charge in [-0.25, -0.2) is 4.39 Å². The van der Waals surface area contributed by atoms with Gasteiger partial charge in [-0.3, -0.25) is 0 Å². The van der Waals surface area contributed by atoms with Crippen molar-refractivity contribution in [3.8, 4) is 0 Å². The number of nitrogens with one attached hydrogen (secondary N) is 1. The second-order valence-electron chi connectivity index (χ2n) is 3.80. The van der Waals surface area contributed by atoms with Crippen LogP contribution in [0.25, 0.3) is 0 Å². The third kappa shape index (κ3) is 2.88. The summed E-state index contributed by atoms with van der Waals surface area (Å²) in [5.41, 5.74) is 0.660. The number of anilines is 1. The molecule has 0 aliphatic rings. The summed E-state index contributed by atoms with van der Waals surface area (Å²) in [7, 11) is 0. The van der Waals surface area contributed by atoms with Gasteiger partial charge in [-0.1, -0.05) is 25.4 Å². The lowest BCUT2D eigenvalue weighted by Gasteiger charge is -2.19. The first-order valence-electron chi connectivity index (χ1n) is 4.72. The maximum absolute atomic E-state index is 12.9. The van der Waals surface area contributed by atoms with Crippen molar-refractivity contribution in [1.82, 2.24) is 0 Å². The predicted octanol–water partition coefficient (Wildman–Crippen LogP) is 3.94. The molecule has 1 rings (SSSR count). The lowest BCUT2D eigenvalue weighted by atomic mass is 10.1. The van der Waals surface area contributed by atoms with E-state index in [2.05, 4.69) is 19.2 Å². The summed E-state index contributed by atoms with van der Waals surface area (Å²) in [5.74, 6) is 0.210. The second-order valence-corrected chi connectivity index (χ2v) is 4.21. The van der Waals surface area contributed by atoms with E-state index in [9.17, 15) is 4.39 Å². The van der Waals surface area contributed by atoms with E-state index in [1.807, 2.05) is 6.92 Å². The second kappa shape index (κ2) is 4.65. The normalized spacial score (nSPS) is 13.0. The van der Waals surface area contributed by atoms with Gasteiger partial charge in [-0.15, -0.1) is 0 Å². The maximum atomic E-state index is 12.9. The van der Waals surface area contributed by atoms with Gasteiger partial charge in [0.25, 0.3) is 0 Å². The van der Waals surface area contributed by atoms with Crippen LogP contribution in [0.2, 0.25) is 5.02 Å². The third-order valence-corrected chi connectivity index (χ3v) is 2.64. The Balaban J connectivity index is 2.80. The summed E-state index contributed by atoms with van der Waals surface area (Å²) in [6, 6.07) is 4.61. The van der Waals surface area contributed by atoms with Gasteiger partial charge in [0, 0.05) is 6.04 Å². The molecule has 78 valence electrons. The molecule has 0 saturated carbocycles. The van der Waals surface area contributed by atoms with Gasteiger partial charge in [0.05, 0.1) is 10.7 Å². The molecule has 14 heavy (non-hydrogen) atoms. The summed E-state index contributed by atoms with van der Waals surface area (Å²) in [5, 5.41) is 3.73. The van der Waals surface area contributed by atoms with Crippen molar-refractivity contribution in [3.63, 3.8) is 0 Å². The molecule has 1 atom stereocenters. The van der Waals surface area contributed by atoms with E-state index in [-0.39, 0.29) is 11.9 Å². The molecule has 1 nitrogen and oxygen atoms in total. The quantitative estimate of drug-likeness (QED) is 0.806. The number of benzene rings is 1. The fourth-order valence-electron chi connectivity index (χ4n) is 1.02. The average Bonchev–Trinajstić information content (AvgIpc) is 2.11. The monoisotopic (exact) mass is 215 g/mol. The van der Waals surface area contributed by atoms with E-state index < -0.39 is 0 Å². The Kier molecular flexibility index (Phi) is 3.76. The third-order valence-electron chi connectivity index (χ3n) is 2.31. The molecule has 1 aromatic rings. The van der Waals surface area contributed by atoms with E-state index >= 15 is 0 Å². The molecule has 1 N–H and O–H groups in total. The Morgan fingerprint density at radius 1 is 1.29 bits per heavy atom. The largest absolute Gasteiger partial charge is 0.381 e. The molecule has 0 radical (unpaired) electrons. The van der Waals surface area contributed by atoms with Crippen molar-refractivity contribution < 1.29 is 4.39 Å². The van der Waals surface area contributed by atoms with Crippen LogP contribution in [0.4, 0.5) is 10.1 Å². The van der Waals surface area contributed by atoms with Gasteiger partial charge < -0.3 is 5.32 Å². The fraction of sp³-hybridized carbons (Fsp3) is 0.455. The molecule has 0 aromatic heterocycles. The summed E-state index contributed by atoms with van der Waals surface area (Å²) in [4.78, 5) is 0. The highest BCUT2D eigenvalue weighted by atomic mass is 35.5. The predicted molar refractivity (Wildman–Crippen MR) is 59.3 cm³/mol. The first kappa shape index (κ1) is 11.3. The van der Waals surface area contributed by atoms with Crippen LogP contribution >= 0.6 is 11.6 Å². The van der Waals surface area contributed by atoms with E-state index in [4.69, 9.17) is 11.6 Å². The Labute approximate surface area is 89.3 Å². The highest BCUT2D eigenvalue weighted by molar-refractivity contribution is 6.33. The van der Waals surface area contributed by atoms with E-state index in [1.54, 1.807) is 6.07 Å².